The summed E-state index contributed by atoms with van der Waals surface area (Å²) in [7, 11) is -3.74. The van der Waals surface area contributed by atoms with Crippen molar-refractivity contribution in [1.29, 1.82) is 0 Å². The van der Waals surface area contributed by atoms with E-state index in [0.29, 0.717) is 29.9 Å². The van der Waals surface area contributed by atoms with Gasteiger partial charge in [-0.25, -0.2) is 13.4 Å². The minimum Gasteiger partial charge on any atom is -0.439 e. The predicted octanol–water partition coefficient (Wildman–Crippen LogP) is 5.25. The van der Waals surface area contributed by atoms with Gasteiger partial charge in [-0.2, -0.15) is 17.5 Å². The molecule has 1 aromatic heterocycles. The third-order valence-corrected chi connectivity index (χ3v) is 7.17. The molecule has 1 fully saturated rings. The van der Waals surface area contributed by atoms with Gasteiger partial charge in [0.15, 0.2) is 0 Å². The molecule has 0 unspecified atom stereocenters. The fraction of sp³-hybridized carbons (Fsp3) is 0.250. The summed E-state index contributed by atoms with van der Waals surface area (Å²) in [5.41, 5.74) is 0.239. The summed E-state index contributed by atoms with van der Waals surface area (Å²) >= 11 is 0. The number of pyridine rings is 1. The Labute approximate surface area is 200 Å². The van der Waals surface area contributed by atoms with Crippen molar-refractivity contribution in [2.75, 3.05) is 13.1 Å². The van der Waals surface area contributed by atoms with E-state index in [4.69, 9.17) is 9.57 Å². The van der Waals surface area contributed by atoms with Gasteiger partial charge in [0.05, 0.1) is 17.5 Å². The minimum absolute atomic E-state index is 0.0547. The summed E-state index contributed by atoms with van der Waals surface area (Å²) in [6, 6.07) is 16.8. The van der Waals surface area contributed by atoms with Crippen LogP contribution in [0, 0.1) is 0 Å². The number of halogens is 3. The van der Waals surface area contributed by atoms with Gasteiger partial charge in [0, 0.05) is 32.0 Å². The molecule has 7 nitrogen and oxygen atoms in total. The van der Waals surface area contributed by atoms with E-state index in [1.807, 2.05) is 18.2 Å². The van der Waals surface area contributed by atoms with E-state index in [2.05, 4.69) is 10.1 Å². The molecule has 35 heavy (non-hydrogen) atoms. The lowest BCUT2D eigenvalue weighted by molar-refractivity contribution is -0.137. The average Bonchev–Trinajstić information content (AvgIpc) is 2.85. The van der Waals surface area contributed by atoms with E-state index >= 15 is 0 Å². The fourth-order valence-corrected chi connectivity index (χ4v) is 4.84. The van der Waals surface area contributed by atoms with Gasteiger partial charge in [-0.1, -0.05) is 35.5 Å². The van der Waals surface area contributed by atoms with E-state index in [-0.39, 0.29) is 30.5 Å². The van der Waals surface area contributed by atoms with Gasteiger partial charge in [0.25, 0.3) is 0 Å². The Morgan fingerprint density at radius 3 is 2.37 bits per heavy atom. The summed E-state index contributed by atoms with van der Waals surface area (Å²) in [5, 5.41) is 4.00. The number of hydrogen-bond acceptors (Lipinski definition) is 6. The van der Waals surface area contributed by atoms with Crippen molar-refractivity contribution >= 4 is 15.7 Å². The largest absolute Gasteiger partial charge is 0.439 e. The number of aromatic nitrogens is 1. The fourth-order valence-electron chi connectivity index (χ4n) is 3.45. The molecule has 1 aliphatic rings. The summed E-state index contributed by atoms with van der Waals surface area (Å²) < 4.78 is 71.3. The molecule has 3 aromatic rings. The van der Waals surface area contributed by atoms with Crippen LogP contribution in [-0.2, 0) is 27.6 Å². The Bertz CT molecular complexity index is 1270. The Hall–Kier alpha value is -3.44. The van der Waals surface area contributed by atoms with Crippen LogP contribution in [0.15, 0.2) is 83.0 Å². The number of nitrogens with zero attached hydrogens (tertiary/aromatic N) is 3. The molecule has 0 radical (unpaired) electrons. The first kappa shape index (κ1) is 24.7. The standard InChI is InChI=1S/C24H22F3N3O4S/c25-24(26,27)19-6-4-5-18(15-19)17-33-29-20-11-13-30(14-12-20)35(31,32)22-9-10-23(28-16-22)34-21-7-2-1-3-8-21/h1-10,15-16H,11-14,17H2. The third kappa shape index (κ3) is 6.37. The van der Waals surface area contributed by atoms with Crippen LogP contribution in [0.25, 0.3) is 0 Å². The lowest BCUT2D eigenvalue weighted by Gasteiger charge is -2.26. The maximum Gasteiger partial charge on any atom is 0.416 e. The summed E-state index contributed by atoms with van der Waals surface area (Å²) in [6.45, 7) is 0.297. The second kappa shape index (κ2) is 10.4. The second-order valence-electron chi connectivity index (χ2n) is 7.78. The van der Waals surface area contributed by atoms with Crippen molar-refractivity contribution in [3.8, 4) is 11.6 Å². The molecule has 0 atom stereocenters. The highest BCUT2D eigenvalue weighted by Crippen LogP contribution is 2.29. The van der Waals surface area contributed by atoms with Gasteiger partial charge in [0.2, 0.25) is 15.9 Å². The zero-order valence-corrected chi connectivity index (χ0v) is 19.3. The zero-order chi connectivity index (χ0) is 24.9. The SMILES string of the molecule is O=S(=O)(c1ccc(Oc2ccccc2)nc1)N1CCC(=NOCc2cccc(C(F)(F)F)c2)CC1. The van der Waals surface area contributed by atoms with Crippen LogP contribution in [0.4, 0.5) is 13.2 Å². The smallest absolute Gasteiger partial charge is 0.416 e. The van der Waals surface area contributed by atoms with E-state index in [9.17, 15) is 21.6 Å². The Morgan fingerprint density at radius 1 is 0.971 bits per heavy atom. The predicted molar refractivity (Wildman–Crippen MR) is 122 cm³/mol. The lowest BCUT2D eigenvalue weighted by Crippen LogP contribution is -2.38. The number of sulfonamides is 1. The molecule has 0 spiro atoms. The highest BCUT2D eigenvalue weighted by molar-refractivity contribution is 7.89. The first-order chi connectivity index (χ1) is 16.7. The number of piperidine rings is 1. The van der Waals surface area contributed by atoms with Crippen LogP contribution < -0.4 is 4.74 Å². The van der Waals surface area contributed by atoms with Crippen LogP contribution in [0.2, 0.25) is 0 Å². The van der Waals surface area contributed by atoms with Crippen LogP contribution >= 0.6 is 0 Å². The quantitative estimate of drug-likeness (QED) is 0.410. The highest BCUT2D eigenvalue weighted by Gasteiger charge is 2.30. The molecule has 2 heterocycles. The Kier molecular flexibility index (Phi) is 7.37. The molecule has 1 saturated heterocycles. The van der Waals surface area contributed by atoms with Crippen molar-refractivity contribution in [1.82, 2.24) is 9.29 Å². The lowest BCUT2D eigenvalue weighted by atomic mass is 10.1. The topological polar surface area (TPSA) is 81.1 Å². The van der Waals surface area contributed by atoms with Gasteiger partial charge in [-0.3, -0.25) is 0 Å². The van der Waals surface area contributed by atoms with Crippen molar-refractivity contribution < 1.29 is 31.2 Å². The van der Waals surface area contributed by atoms with E-state index in [1.54, 1.807) is 12.1 Å². The second-order valence-corrected chi connectivity index (χ2v) is 9.72. The third-order valence-electron chi connectivity index (χ3n) is 5.29. The number of oxime groups is 1. The average molecular weight is 506 g/mol. The summed E-state index contributed by atoms with van der Waals surface area (Å²) in [6.07, 6.45) is -2.46. The molecule has 184 valence electrons. The van der Waals surface area contributed by atoms with Crippen molar-refractivity contribution in [2.45, 2.75) is 30.5 Å². The first-order valence-corrected chi connectivity index (χ1v) is 12.2. The van der Waals surface area contributed by atoms with Gasteiger partial charge in [-0.05, 0) is 35.9 Å². The number of alkyl halides is 3. The van der Waals surface area contributed by atoms with Gasteiger partial charge in [-0.15, -0.1) is 0 Å². The van der Waals surface area contributed by atoms with Crippen LogP contribution in [0.1, 0.15) is 24.0 Å². The van der Waals surface area contributed by atoms with Crippen molar-refractivity contribution in [3.63, 3.8) is 0 Å². The van der Waals surface area contributed by atoms with E-state index < -0.39 is 21.8 Å². The van der Waals surface area contributed by atoms with Crippen LogP contribution in [0.3, 0.4) is 0 Å². The molecule has 0 amide bonds. The molecule has 11 heteroatoms. The van der Waals surface area contributed by atoms with Gasteiger partial charge in [0.1, 0.15) is 17.3 Å². The monoisotopic (exact) mass is 505 g/mol. The van der Waals surface area contributed by atoms with Crippen LogP contribution in [-0.4, -0.2) is 36.5 Å². The molecule has 0 N–H and O–H groups in total. The maximum absolute atomic E-state index is 13.0. The summed E-state index contributed by atoms with van der Waals surface area (Å²) in [4.78, 5) is 9.38. The van der Waals surface area contributed by atoms with Gasteiger partial charge >= 0.3 is 6.18 Å². The number of rotatable bonds is 7. The van der Waals surface area contributed by atoms with Crippen LogP contribution in [0.5, 0.6) is 11.6 Å². The number of ether oxygens (including phenoxy) is 1. The maximum atomic E-state index is 13.0. The Balaban J connectivity index is 1.31. The minimum atomic E-state index is -4.43. The highest BCUT2D eigenvalue weighted by atomic mass is 32.2. The van der Waals surface area contributed by atoms with Gasteiger partial charge < -0.3 is 9.57 Å². The van der Waals surface area contributed by atoms with Crippen molar-refractivity contribution in [3.05, 3.63) is 84.1 Å². The molecule has 1 aliphatic heterocycles. The molecule has 2 aromatic carbocycles. The molecular weight excluding hydrogens is 483 g/mol. The normalized spacial score (nSPS) is 15.0. The number of para-hydroxylation sites is 1. The van der Waals surface area contributed by atoms with E-state index in [0.717, 1.165) is 12.1 Å². The summed E-state index contributed by atoms with van der Waals surface area (Å²) in [5.74, 6) is 0.870. The first-order valence-electron chi connectivity index (χ1n) is 10.7. The molecule has 0 saturated carbocycles. The zero-order valence-electron chi connectivity index (χ0n) is 18.5. The van der Waals surface area contributed by atoms with Crippen molar-refractivity contribution in [2.24, 2.45) is 5.16 Å². The molecule has 0 bridgehead atoms. The molecular formula is C24H22F3N3O4S. The molecule has 4 rings (SSSR count). The number of benzene rings is 2. The number of hydrogen-bond donors (Lipinski definition) is 0. The molecule has 0 aliphatic carbocycles. The Morgan fingerprint density at radius 2 is 1.71 bits per heavy atom. The van der Waals surface area contributed by atoms with E-state index in [1.165, 1.54) is 34.8 Å².